The highest BCUT2D eigenvalue weighted by Crippen LogP contribution is 2.28. The molecular weight excluding hydrogens is 258 g/mol. The number of alkyl carbamates (subject to hydrolysis) is 1. The predicted molar refractivity (Wildman–Crippen MR) is 73.9 cm³/mol. The fourth-order valence-electron chi connectivity index (χ4n) is 2.32. The molecular formula is C14H17N3O3. The summed E-state index contributed by atoms with van der Waals surface area (Å²) in [5.41, 5.74) is 1.44. The molecule has 1 N–H and O–H groups in total. The number of amides is 1. The van der Waals surface area contributed by atoms with Crippen molar-refractivity contribution >= 4 is 11.8 Å². The molecule has 1 aliphatic rings. The summed E-state index contributed by atoms with van der Waals surface area (Å²) in [4.78, 5) is 13.3. The Morgan fingerprint density at radius 1 is 1.50 bits per heavy atom. The third kappa shape index (κ3) is 2.94. The first-order chi connectivity index (χ1) is 9.67. The van der Waals surface area contributed by atoms with Crippen LogP contribution >= 0.6 is 0 Å². The van der Waals surface area contributed by atoms with Crippen LogP contribution in [0, 0.1) is 11.3 Å². The van der Waals surface area contributed by atoms with Gasteiger partial charge in [0.1, 0.15) is 11.8 Å². The lowest BCUT2D eigenvalue weighted by molar-refractivity contribution is 0.167. The summed E-state index contributed by atoms with van der Waals surface area (Å²) in [5.74, 6) is 0.711. The number of nitriles is 1. The van der Waals surface area contributed by atoms with E-state index in [4.69, 9.17) is 4.74 Å². The SMILES string of the molecule is COC(=O)NC1CCN(c2cc(OC)ccc2C#N)C1. The number of hydrogen-bond donors (Lipinski definition) is 1. The molecule has 0 radical (unpaired) electrons. The Kier molecular flexibility index (Phi) is 4.31. The van der Waals surface area contributed by atoms with Crippen LogP contribution in [0.2, 0.25) is 0 Å². The molecule has 1 amide bonds. The molecule has 0 aliphatic carbocycles. The highest BCUT2D eigenvalue weighted by Gasteiger charge is 2.26. The second kappa shape index (κ2) is 6.15. The molecule has 1 unspecified atom stereocenters. The van der Waals surface area contributed by atoms with Gasteiger partial charge in [0.25, 0.3) is 0 Å². The minimum atomic E-state index is -0.428. The molecule has 106 valence electrons. The maximum atomic E-state index is 11.2. The van der Waals surface area contributed by atoms with Crippen LogP contribution < -0.4 is 15.0 Å². The van der Waals surface area contributed by atoms with Gasteiger partial charge < -0.3 is 19.7 Å². The number of ether oxygens (including phenoxy) is 2. The minimum Gasteiger partial charge on any atom is -0.497 e. The van der Waals surface area contributed by atoms with E-state index in [1.54, 1.807) is 19.2 Å². The van der Waals surface area contributed by atoms with Gasteiger partial charge in [-0.2, -0.15) is 5.26 Å². The number of anilines is 1. The Morgan fingerprint density at radius 2 is 2.30 bits per heavy atom. The topological polar surface area (TPSA) is 74.6 Å². The molecule has 1 fully saturated rings. The van der Waals surface area contributed by atoms with E-state index in [2.05, 4.69) is 21.0 Å². The quantitative estimate of drug-likeness (QED) is 0.904. The zero-order chi connectivity index (χ0) is 14.5. The second-order valence-corrected chi connectivity index (χ2v) is 4.56. The molecule has 1 aliphatic heterocycles. The summed E-state index contributed by atoms with van der Waals surface area (Å²) < 4.78 is 9.79. The van der Waals surface area contributed by atoms with E-state index < -0.39 is 6.09 Å². The Morgan fingerprint density at radius 3 is 2.95 bits per heavy atom. The lowest BCUT2D eigenvalue weighted by Crippen LogP contribution is -2.37. The Hall–Kier alpha value is -2.42. The van der Waals surface area contributed by atoms with Crippen LogP contribution in [0.25, 0.3) is 0 Å². The second-order valence-electron chi connectivity index (χ2n) is 4.56. The highest BCUT2D eigenvalue weighted by molar-refractivity contribution is 5.68. The standard InChI is InChI=1S/C14H17N3O3/c1-19-12-4-3-10(8-15)13(7-12)17-6-5-11(9-17)16-14(18)20-2/h3-4,7,11H,5-6,9H2,1-2H3,(H,16,18). The van der Waals surface area contributed by atoms with E-state index in [-0.39, 0.29) is 6.04 Å². The molecule has 2 rings (SSSR count). The average Bonchev–Trinajstić information content (AvgIpc) is 2.94. The van der Waals surface area contributed by atoms with Crippen molar-refractivity contribution in [1.29, 1.82) is 5.26 Å². The average molecular weight is 275 g/mol. The van der Waals surface area contributed by atoms with Gasteiger partial charge in [0.15, 0.2) is 0 Å². The lowest BCUT2D eigenvalue weighted by Gasteiger charge is -2.20. The molecule has 0 aromatic heterocycles. The zero-order valence-electron chi connectivity index (χ0n) is 11.5. The lowest BCUT2D eigenvalue weighted by atomic mass is 10.1. The molecule has 0 bridgehead atoms. The van der Waals surface area contributed by atoms with Gasteiger partial charge in [-0.1, -0.05) is 0 Å². The van der Waals surface area contributed by atoms with Crippen LogP contribution in [0.15, 0.2) is 18.2 Å². The molecule has 0 saturated carbocycles. The van der Waals surface area contributed by atoms with E-state index in [1.165, 1.54) is 7.11 Å². The number of benzene rings is 1. The monoisotopic (exact) mass is 275 g/mol. The van der Waals surface area contributed by atoms with E-state index in [0.29, 0.717) is 17.9 Å². The maximum absolute atomic E-state index is 11.2. The van der Waals surface area contributed by atoms with Crippen molar-refractivity contribution in [1.82, 2.24) is 5.32 Å². The van der Waals surface area contributed by atoms with Gasteiger partial charge in [-0.15, -0.1) is 0 Å². The number of methoxy groups -OCH3 is 2. The number of carbonyl (C=O) groups excluding carboxylic acids is 1. The minimum absolute atomic E-state index is 0.0280. The summed E-state index contributed by atoms with van der Waals surface area (Å²) in [6, 6.07) is 7.57. The molecule has 6 heteroatoms. The molecule has 6 nitrogen and oxygen atoms in total. The number of hydrogen-bond acceptors (Lipinski definition) is 5. The van der Waals surface area contributed by atoms with Gasteiger partial charge in [0.05, 0.1) is 31.5 Å². The largest absolute Gasteiger partial charge is 0.497 e. The summed E-state index contributed by atoms with van der Waals surface area (Å²) in [6.45, 7) is 1.42. The van der Waals surface area contributed by atoms with Crippen molar-refractivity contribution in [2.45, 2.75) is 12.5 Å². The van der Waals surface area contributed by atoms with Gasteiger partial charge in [-0.25, -0.2) is 4.79 Å². The third-order valence-electron chi connectivity index (χ3n) is 3.36. The number of nitrogens with one attached hydrogen (secondary N) is 1. The molecule has 1 heterocycles. The Labute approximate surface area is 117 Å². The van der Waals surface area contributed by atoms with E-state index in [9.17, 15) is 10.1 Å². The first-order valence-electron chi connectivity index (χ1n) is 6.35. The first-order valence-corrected chi connectivity index (χ1v) is 6.35. The fraction of sp³-hybridized carbons (Fsp3) is 0.429. The Bertz CT molecular complexity index is 539. The van der Waals surface area contributed by atoms with Crippen molar-refractivity contribution in [3.8, 4) is 11.8 Å². The number of carbonyl (C=O) groups is 1. The fourth-order valence-corrected chi connectivity index (χ4v) is 2.32. The van der Waals surface area contributed by atoms with Crippen molar-refractivity contribution in [3.05, 3.63) is 23.8 Å². The summed E-state index contributed by atoms with van der Waals surface area (Å²) in [7, 11) is 2.94. The van der Waals surface area contributed by atoms with Crippen LogP contribution in [0.4, 0.5) is 10.5 Å². The molecule has 1 aromatic carbocycles. The van der Waals surface area contributed by atoms with Gasteiger partial charge in [0, 0.05) is 19.2 Å². The predicted octanol–water partition coefficient (Wildman–Crippen LogP) is 1.50. The van der Waals surface area contributed by atoms with Crippen molar-refractivity contribution < 1.29 is 14.3 Å². The third-order valence-corrected chi connectivity index (χ3v) is 3.36. The number of nitrogens with zero attached hydrogens (tertiary/aromatic N) is 2. The van der Waals surface area contributed by atoms with Gasteiger partial charge in [-0.05, 0) is 18.6 Å². The van der Waals surface area contributed by atoms with Gasteiger partial charge >= 0.3 is 6.09 Å². The number of rotatable bonds is 3. The van der Waals surface area contributed by atoms with Crippen LogP contribution in [0.3, 0.4) is 0 Å². The van der Waals surface area contributed by atoms with Crippen LogP contribution in [-0.2, 0) is 4.74 Å². The van der Waals surface area contributed by atoms with E-state index in [0.717, 1.165) is 18.7 Å². The molecule has 1 saturated heterocycles. The highest BCUT2D eigenvalue weighted by atomic mass is 16.5. The molecule has 20 heavy (non-hydrogen) atoms. The van der Waals surface area contributed by atoms with Gasteiger partial charge in [0.2, 0.25) is 0 Å². The maximum Gasteiger partial charge on any atom is 0.407 e. The summed E-state index contributed by atoms with van der Waals surface area (Å²) >= 11 is 0. The van der Waals surface area contributed by atoms with Gasteiger partial charge in [-0.3, -0.25) is 0 Å². The van der Waals surface area contributed by atoms with Crippen LogP contribution in [0.1, 0.15) is 12.0 Å². The molecule has 1 aromatic rings. The van der Waals surface area contributed by atoms with E-state index in [1.807, 2.05) is 6.07 Å². The normalized spacial score (nSPS) is 17.4. The van der Waals surface area contributed by atoms with Crippen molar-refractivity contribution in [2.75, 3.05) is 32.2 Å². The van der Waals surface area contributed by atoms with Crippen molar-refractivity contribution in [3.63, 3.8) is 0 Å². The molecule has 0 spiro atoms. The molecule has 1 atom stereocenters. The smallest absolute Gasteiger partial charge is 0.407 e. The zero-order valence-corrected chi connectivity index (χ0v) is 11.5. The first kappa shape index (κ1) is 14.0. The van der Waals surface area contributed by atoms with Crippen molar-refractivity contribution in [2.24, 2.45) is 0 Å². The van der Waals surface area contributed by atoms with E-state index >= 15 is 0 Å². The van der Waals surface area contributed by atoms with Crippen LogP contribution in [-0.4, -0.2) is 39.4 Å². The summed E-state index contributed by atoms with van der Waals surface area (Å²) in [5, 5.41) is 12.0. The summed E-state index contributed by atoms with van der Waals surface area (Å²) in [6.07, 6.45) is 0.389. The Balaban J connectivity index is 2.13. The van der Waals surface area contributed by atoms with Crippen LogP contribution in [0.5, 0.6) is 5.75 Å².